The Morgan fingerprint density at radius 1 is 1.01 bits per heavy atom. The zero-order valence-corrected chi connectivity index (χ0v) is 47.1. The summed E-state index contributed by atoms with van der Waals surface area (Å²) in [5.41, 5.74) is 10.8. The number of piperidine rings is 1. The van der Waals surface area contributed by atoms with E-state index in [1.165, 1.54) is 11.0 Å². The Hall–Kier alpha value is -5.33. The van der Waals surface area contributed by atoms with Crippen LogP contribution >= 0.6 is 22.6 Å². The molecule has 2 aromatic carbocycles. The Labute approximate surface area is 451 Å². The molecule has 3 fully saturated rings. The first-order chi connectivity index (χ1) is 35.3. The molecule has 6 heterocycles. The summed E-state index contributed by atoms with van der Waals surface area (Å²) in [7, 11) is 3.37. The molecule has 1 spiro atoms. The molecule has 74 heavy (non-hydrogen) atoms. The summed E-state index contributed by atoms with van der Waals surface area (Å²) < 4.78 is 13.2. The van der Waals surface area contributed by atoms with E-state index in [-0.39, 0.29) is 54.3 Å². The number of benzene rings is 2. The zero-order chi connectivity index (χ0) is 53.3. The molecule has 3 saturated heterocycles. The van der Waals surface area contributed by atoms with Crippen molar-refractivity contribution in [2.75, 3.05) is 53.5 Å². The molecule has 4 aromatic rings. The number of likely N-dealkylation sites (tertiary alicyclic amines) is 2. The predicted octanol–water partition coefficient (Wildman–Crippen LogP) is 9.11. The molecule has 2 N–H and O–H groups in total. The average molecular weight is 1130 g/mol. The molecule has 2 aromatic heterocycles. The number of aryl methyl sites for hydroxylation is 1. The van der Waals surface area contributed by atoms with Crippen LogP contribution in [0.1, 0.15) is 110 Å². The highest BCUT2D eigenvalue weighted by molar-refractivity contribution is 14.1. The third kappa shape index (κ3) is 10.9. The van der Waals surface area contributed by atoms with Gasteiger partial charge in [-0.2, -0.15) is 0 Å². The highest BCUT2D eigenvalue weighted by Gasteiger charge is 2.50. The number of nitrogens with one attached hydrogen (secondary N) is 2. The number of urea groups is 1. The molecule has 8 rings (SSSR count). The van der Waals surface area contributed by atoms with Crippen LogP contribution in [0.4, 0.5) is 4.79 Å². The van der Waals surface area contributed by atoms with Crippen LogP contribution in [0.5, 0.6) is 0 Å². The van der Waals surface area contributed by atoms with Gasteiger partial charge in [0.15, 0.2) is 3.55 Å². The van der Waals surface area contributed by atoms with Crippen molar-refractivity contribution < 1.29 is 33.4 Å². The topological polar surface area (TPSA) is 159 Å². The van der Waals surface area contributed by atoms with E-state index in [4.69, 9.17) is 14.5 Å². The van der Waals surface area contributed by atoms with Crippen LogP contribution in [-0.4, -0.2) is 128 Å². The van der Waals surface area contributed by atoms with Gasteiger partial charge in [-0.25, -0.2) is 10.2 Å². The first-order valence-electron chi connectivity index (χ1n) is 26.7. The fraction of sp³-hybridized carbons (Fsp3) is 0.552. The molecule has 0 aliphatic carbocycles. The standard InChI is InChI=1S/C58H77IN8O7/c1-11-46-42-20-16-27-67(62-46)52(69)47(61-54(71)58(59,37(4)5)63(9)55(72)64-28-23-57(24-29-64)25-30-65(35-57)49(68)12-2)32-39-17-14-18-40(31-39)41-21-22-48-44(33-41)45(34-56(7,8)36-74-53(42)70)51(66(48)13-3)43-19-15-26-60-50(43)38(6)73-10/h12,14-15,17-19,21-22,26,31,33,37-38,42,46-47,62H,2,11,13,16,20,23-25,27-30,32,34-36H2,1,3-10H3,(H,61,71)/t38-,42+,46?,47-,58?/m0/s1. The van der Waals surface area contributed by atoms with Crippen molar-refractivity contribution in [2.45, 2.75) is 128 Å². The number of likely N-dealkylation sites (N-methyl/N-ethyl adjacent to an activating group) is 1. The number of fused-ring (bicyclic) bond motifs is 7. The van der Waals surface area contributed by atoms with Crippen LogP contribution < -0.4 is 10.7 Å². The van der Waals surface area contributed by atoms with Crippen LogP contribution in [-0.2, 0) is 48.0 Å². The molecule has 0 radical (unpaired) electrons. The fourth-order valence-electron chi connectivity index (χ4n) is 12.0. The highest BCUT2D eigenvalue weighted by Crippen LogP contribution is 2.44. The molecule has 5 atom stereocenters. The number of carbonyl (C=O) groups excluding carboxylic acids is 5. The van der Waals surface area contributed by atoms with Gasteiger partial charge in [-0.3, -0.25) is 29.2 Å². The van der Waals surface area contributed by atoms with E-state index in [1.807, 2.05) is 55.7 Å². The van der Waals surface area contributed by atoms with Crippen molar-refractivity contribution >= 4 is 63.2 Å². The number of esters is 1. The van der Waals surface area contributed by atoms with Gasteiger partial charge in [0.1, 0.15) is 6.04 Å². The van der Waals surface area contributed by atoms with Crippen LogP contribution in [0.25, 0.3) is 33.3 Å². The fourth-order valence-corrected chi connectivity index (χ4v) is 12.3. The molecule has 0 saturated carbocycles. The van der Waals surface area contributed by atoms with Crippen molar-refractivity contribution in [3.8, 4) is 22.4 Å². The molecule has 15 nitrogen and oxygen atoms in total. The number of ether oxygens (including phenoxy) is 2. The van der Waals surface area contributed by atoms with E-state index in [2.05, 4.69) is 102 Å². The van der Waals surface area contributed by atoms with Gasteiger partial charge in [-0.15, -0.1) is 0 Å². The van der Waals surface area contributed by atoms with Gasteiger partial charge >= 0.3 is 12.0 Å². The maximum absolute atomic E-state index is 15.2. The second-order valence-corrected chi connectivity index (χ2v) is 23.9. The van der Waals surface area contributed by atoms with Crippen molar-refractivity contribution in [2.24, 2.45) is 22.7 Å². The summed E-state index contributed by atoms with van der Waals surface area (Å²) in [5, 5.41) is 5.88. The number of nitrogens with zero attached hydrogens (tertiary/aromatic N) is 6. The Morgan fingerprint density at radius 3 is 2.41 bits per heavy atom. The number of aromatic nitrogens is 2. The number of cyclic esters (lactones) is 1. The highest BCUT2D eigenvalue weighted by atomic mass is 127. The monoisotopic (exact) mass is 1120 g/mol. The average Bonchev–Trinajstić information content (AvgIpc) is 3.87. The van der Waals surface area contributed by atoms with E-state index in [9.17, 15) is 14.4 Å². The van der Waals surface area contributed by atoms with E-state index in [1.54, 1.807) is 25.4 Å². The van der Waals surface area contributed by atoms with E-state index < -0.39 is 32.9 Å². The molecule has 2 unspecified atom stereocenters. The summed E-state index contributed by atoms with van der Waals surface area (Å²) in [4.78, 5) is 81.7. The second kappa shape index (κ2) is 22.5. The molecular weight excluding hydrogens is 1050 g/mol. The number of halogens is 1. The van der Waals surface area contributed by atoms with Gasteiger partial charge in [0.25, 0.3) is 11.8 Å². The van der Waals surface area contributed by atoms with Crippen LogP contribution in [0.15, 0.2) is 73.4 Å². The minimum absolute atomic E-state index is 0.0475. The summed E-state index contributed by atoms with van der Waals surface area (Å²) in [5.74, 6) is -2.00. The van der Waals surface area contributed by atoms with Gasteiger partial charge in [-0.05, 0) is 145 Å². The summed E-state index contributed by atoms with van der Waals surface area (Å²) in [6.45, 7) is 21.5. The van der Waals surface area contributed by atoms with Crippen LogP contribution in [0.3, 0.4) is 0 Å². The van der Waals surface area contributed by atoms with Crippen molar-refractivity contribution in [1.82, 2.24) is 40.0 Å². The van der Waals surface area contributed by atoms with Crippen LogP contribution in [0.2, 0.25) is 0 Å². The van der Waals surface area contributed by atoms with Crippen molar-refractivity contribution in [3.05, 3.63) is 90.3 Å². The molecule has 4 aliphatic rings. The lowest BCUT2D eigenvalue weighted by atomic mass is 9.78. The molecular formula is C58H77IN8O7. The second-order valence-electron chi connectivity index (χ2n) is 22.2. The van der Waals surface area contributed by atoms with E-state index in [0.717, 1.165) is 69.4 Å². The van der Waals surface area contributed by atoms with Gasteiger partial charge in [0, 0.05) is 94.0 Å². The largest absolute Gasteiger partial charge is 0.465 e. The molecule has 5 amide bonds. The number of methoxy groups -OCH3 is 1. The predicted molar refractivity (Wildman–Crippen MR) is 297 cm³/mol. The van der Waals surface area contributed by atoms with E-state index in [0.29, 0.717) is 65.0 Å². The van der Waals surface area contributed by atoms with Gasteiger partial charge in [-0.1, -0.05) is 71.5 Å². The Bertz CT molecular complexity index is 2770. The summed E-state index contributed by atoms with van der Waals surface area (Å²) >= 11 is 2.11. The molecule has 6 bridgehead atoms. The number of carbonyl (C=O) groups is 5. The minimum atomic E-state index is -1.38. The lowest BCUT2D eigenvalue weighted by molar-refractivity contribution is -0.154. The van der Waals surface area contributed by atoms with E-state index >= 15 is 9.59 Å². The SMILES string of the molecule is C=CC(=O)N1CCC2(CCN(C(=O)N(C)C(I)(C(=O)N[C@H]3Cc4cccc(c4)-c4ccc5c(c4)c(c(-c4cccnc4[C@H](C)OC)n5CC)CC(C)(C)COC(=O)[C@@H]4CCCN(NC4CC)C3=O)C(C)C)CC2)C1. The summed E-state index contributed by atoms with van der Waals surface area (Å²) in [6, 6.07) is 17.1. The van der Waals surface area contributed by atoms with Gasteiger partial charge in [0.2, 0.25) is 5.91 Å². The van der Waals surface area contributed by atoms with Crippen LogP contribution in [0, 0.1) is 22.7 Å². The van der Waals surface area contributed by atoms with Crippen molar-refractivity contribution in [3.63, 3.8) is 0 Å². The quantitative estimate of drug-likeness (QED) is 0.0520. The Balaban J connectivity index is 1.16. The number of hydrazine groups is 1. The first-order valence-corrected chi connectivity index (χ1v) is 27.8. The lowest BCUT2D eigenvalue weighted by Crippen LogP contribution is -2.64. The lowest BCUT2D eigenvalue weighted by Gasteiger charge is -2.45. The maximum Gasteiger partial charge on any atom is 0.321 e. The van der Waals surface area contributed by atoms with Crippen molar-refractivity contribution in [1.29, 1.82) is 0 Å². The van der Waals surface area contributed by atoms with Gasteiger partial charge < -0.3 is 34.1 Å². The Kier molecular flexibility index (Phi) is 16.7. The molecule has 398 valence electrons. The zero-order valence-electron chi connectivity index (χ0n) is 45.0. The molecule has 16 heteroatoms. The maximum atomic E-state index is 15.2. The number of alkyl halides is 1. The number of hydrogen-bond donors (Lipinski definition) is 2. The number of hydrogen-bond acceptors (Lipinski definition) is 9. The third-order valence-corrected chi connectivity index (χ3v) is 18.9. The number of rotatable bonds is 10. The summed E-state index contributed by atoms with van der Waals surface area (Å²) in [6.07, 6.45) is 7.70. The Morgan fingerprint density at radius 2 is 1.73 bits per heavy atom. The number of pyridine rings is 1. The normalized spacial score (nSPS) is 22.4. The first kappa shape index (κ1) is 54.9. The third-order valence-electron chi connectivity index (χ3n) is 16.5. The smallest absolute Gasteiger partial charge is 0.321 e. The number of amides is 5. The molecule has 4 aliphatic heterocycles. The minimum Gasteiger partial charge on any atom is -0.465 e. The van der Waals surface area contributed by atoms with Gasteiger partial charge in [0.05, 0.1) is 30.0 Å².